The third-order valence-corrected chi connectivity index (χ3v) is 5.28. The van der Waals surface area contributed by atoms with E-state index >= 15 is 0 Å². The third-order valence-electron chi connectivity index (χ3n) is 3.17. The van der Waals surface area contributed by atoms with Gasteiger partial charge in [0.25, 0.3) is 0 Å². The van der Waals surface area contributed by atoms with E-state index in [0.29, 0.717) is 24.4 Å². The third kappa shape index (κ3) is 1.98. The van der Waals surface area contributed by atoms with Gasteiger partial charge in [0, 0.05) is 20.1 Å². The van der Waals surface area contributed by atoms with Crippen LogP contribution in [0.1, 0.15) is 17.8 Å². The number of aliphatic hydroxyl groups excluding tert-OH is 1. The summed E-state index contributed by atoms with van der Waals surface area (Å²) in [6.07, 6.45) is -0.0560. The van der Waals surface area contributed by atoms with E-state index < -0.39 is 16.1 Å². The van der Waals surface area contributed by atoms with Crippen molar-refractivity contribution in [2.75, 3.05) is 13.1 Å². The van der Waals surface area contributed by atoms with Crippen molar-refractivity contribution < 1.29 is 13.5 Å². The Hall–Kier alpha value is -0.920. The molecule has 0 unspecified atom stereocenters. The van der Waals surface area contributed by atoms with Gasteiger partial charge < -0.3 is 5.11 Å². The SMILES string of the molecule is Cc1nn(C)c(C)c1S(=O)(=O)N1CC[C@H](O)C1. The van der Waals surface area contributed by atoms with Crippen LogP contribution in [0, 0.1) is 13.8 Å². The summed E-state index contributed by atoms with van der Waals surface area (Å²) >= 11 is 0. The molecule has 6 nitrogen and oxygen atoms in total. The number of aromatic nitrogens is 2. The number of hydrogen-bond donors (Lipinski definition) is 1. The van der Waals surface area contributed by atoms with Gasteiger partial charge in [-0.25, -0.2) is 8.42 Å². The van der Waals surface area contributed by atoms with Crippen LogP contribution in [0.15, 0.2) is 4.90 Å². The first-order valence-corrected chi connectivity index (χ1v) is 6.96. The van der Waals surface area contributed by atoms with Crippen LogP contribution in [0.2, 0.25) is 0 Å². The van der Waals surface area contributed by atoms with Crippen molar-refractivity contribution in [2.24, 2.45) is 7.05 Å². The predicted octanol–water partition coefficient (Wildman–Crippen LogP) is -0.208. The van der Waals surface area contributed by atoms with Gasteiger partial charge in [0.1, 0.15) is 4.90 Å². The van der Waals surface area contributed by atoms with Crippen LogP contribution in [0.5, 0.6) is 0 Å². The number of aryl methyl sites for hydroxylation is 2. The van der Waals surface area contributed by atoms with Gasteiger partial charge in [-0.15, -0.1) is 0 Å². The molecule has 1 saturated heterocycles. The lowest BCUT2D eigenvalue weighted by Gasteiger charge is -2.15. The molecule has 7 heteroatoms. The van der Waals surface area contributed by atoms with Crippen LogP contribution in [-0.4, -0.2) is 46.8 Å². The summed E-state index contributed by atoms with van der Waals surface area (Å²) < 4.78 is 27.7. The Balaban J connectivity index is 2.45. The molecule has 0 radical (unpaired) electrons. The van der Waals surface area contributed by atoms with Gasteiger partial charge in [0.15, 0.2) is 0 Å². The number of aliphatic hydroxyl groups is 1. The van der Waals surface area contributed by atoms with Gasteiger partial charge in [-0.05, 0) is 20.3 Å². The van der Waals surface area contributed by atoms with E-state index in [1.807, 2.05) is 0 Å². The molecule has 0 aromatic carbocycles. The molecule has 0 aliphatic carbocycles. The highest BCUT2D eigenvalue weighted by Crippen LogP contribution is 2.25. The molecular formula is C10H17N3O3S. The van der Waals surface area contributed by atoms with Crippen LogP contribution in [0.4, 0.5) is 0 Å². The van der Waals surface area contributed by atoms with Crippen molar-refractivity contribution in [3.05, 3.63) is 11.4 Å². The molecule has 1 aliphatic rings. The average Bonchev–Trinajstić information content (AvgIpc) is 2.73. The largest absolute Gasteiger partial charge is 0.392 e. The molecule has 1 N–H and O–H groups in total. The normalized spacial score (nSPS) is 22.2. The Labute approximate surface area is 101 Å². The Morgan fingerprint density at radius 2 is 2.06 bits per heavy atom. The summed E-state index contributed by atoms with van der Waals surface area (Å²) in [6.45, 7) is 3.97. The predicted molar refractivity (Wildman–Crippen MR) is 62.1 cm³/mol. The lowest BCUT2D eigenvalue weighted by Crippen LogP contribution is -2.30. The van der Waals surface area contributed by atoms with E-state index in [4.69, 9.17) is 0 Å². The van der Waals surface area contributed by atoms with Gasteiger partial charge in [-0.3, -0.25) is 4.68 Å². The van der Waals surface area contributed by atoms with Gasteiger partial charge in [0.2, 0.25) is 10.0 Å². The second-order valence-corrected chi connectivity index (χ2v) is 6.30. The highest BCUT2D eigenvalue weighted by Gasteiger charge is 2.35. The highest BCUT2D eigenvalue weighted by molar-refractivity contribution is 7.89. The minimum absolute atomic E-state index is 0.177. The number of nitrogens with zero attached hydrogens (tertiary/aromatic N) is 3. The van der Waals surface area contributed by atoms with Gasteiger partial charge in [-0.1, -0.05) is 0 Å². The molecule has 1 fully saturated rings. The standard InChI is InChI=1S/C10H17N3O3S/c1-7-10(8(2)12(3)11-7)17(15,16)13-5-4-9(14)6-13/h9,14H,4-6H2,1-3H3/t9-/m0/s1. The molecule has 96 valence electrons. The summed E-state index contributed by atoms with van der Waals surface area (Å²) in [5.74, 6) is 0. The van der Waals surface area contributed by atoms with Gasteiger partial charge in [0.05, 0.1) is 17.5 Å². The minimum Gasteiger partial charge on any atom is -0.392 e. The summed E-state index contributed by atoms with van der Waals surface area (Å²) in [4.78, 5) is 0.272. The maximum Gasteiger partial charge on any atom is 0.246 e. The molecule has 0 bridgehead atoms. The van der Waals surface area contributed by atoms with Gasteiger partial charge in [-0.2, -0.15) is 9.40 Å². The molecule has 2 heterocycles. The molecule has 1 aromatic rings. The van der Waals surface area contributed by atoms with Crippen LogP contribution >= 0.6 is 0 Å². The van der Waals surface area contributed by atoms with Crippen molar-refractivity contribution in [2.45, 2.75) is 31.3 Å². The quantitative estimate of drug-likeness (QED) is 0.797. The summed E-state index contributed by atoms with van der Waals surface area (Å²) in [5, 5.41) is 13.5. The molecule has 0 saturated carbocycles. The Bertz CT molecular complexity index is 535. The zero-order valence-electron chi connectivity index (χ0n) is 10.2. The van der Waals surface area contributed by atoms with Crippen LogP contribution < -0.4 is 0 Å². The van der Waals surface area contributed by atoms with Crippen LogP contribution in [0.3, 0.4) is 0 Å². The van der Waals surface area contributed by atoms with Crippen molar-refractivity contribution in [1.82, 2.24) is 14.1 Å². The Morgan fingerprint density at radius 3 is 2.47 bits per heavy atom. The summed E-state index contributed by atoms with van der Waals surface area (Å²) in [6, 6.07) is 0. The van der Waals surface area contributed by atoms with E-state index in [1.54, 1.807) is 25.6 Å². The van der Waals surface area contributed by atoms with Crippen molar-refractivity contribution in [1.29, 1.82) is 0 Å². The average molecular weight is 259 g/mol. The Kier molecular flexibility index (Phi) is 3.01. The van der Waals surface area contributed by atoms with E-state index in [2.05, 4.69) is 5.10 Å². The first-order valence-electron chi connectivity index (χ1n) is 5.52. The smallest absolute Gasteiger partial charge is 0.246 e. The van der Waals surface area contributed by atoms with Crippen molar-refractivity contribution in [3.8, 4) is 0 Å². The zero-order chi connectivity index (χ0) is 12.8. The summed E-state index contributed by atoms with van der Waals surface area (Å²) in [7, 11) is -1.80. The van der Waals surface area contributed by atoms with Gasteiger partial charge >= 0.3 is 0 Å². The fourth-order valence-corrected chi connectivity index (χ4v) is 4.08. The van der Waals surface area contributed by atoms with E-state index in [0.717, 1.165) is 0 Å². The monoisotopic (exact) mass is 259 g/mol. The van der Waals surface area contributed by atoms with E-state index in [-0.39, 0.29) is 11.4 Å². The molecular weight excluding hydrogens is 242 g/mol. The summed E-state index contributed by atoms with van der Waals surface area (Å²) in [5.41, 5.74) is 1.13. The molecule has 17 heavy (non-hydrogen) atoms. The molecule has 1 aliphatic heterocycles. The zero-order valence-corrected chi connectivity index (χ0v) is 11.0. The van der Waals surface area contributed by atoms with E-state index in [9.17, 15) is 13.5 Å². The molecule has 2 rings (SSSR count). The second kappa shape index (κ2) is 4.08. The molecule has 1 aromatic heterocycles. The number of β-amino-alcohol motifs (C(OH)–C–C–N with tert-alkyl or cyclic N) is 1. The lowest BCUT2D eigenvalue weighted by atomic mass is 10.3. The van der Waals surface area contributed by atoms with Crippen molar-refractivity contribution in [3.63, 3.8) is 0 Å². The topological polar surface area (TPSA) is 75.4 Å². The number of rotatable bonds is 2. The molecule has 1 atom stereocenters. The van der Waals surface area contributed by atoms with Crippen LogP contribution in [-0.2, 0) is 17.1 Å². The number of sulfonamides is 1. The highest BCUT2D eigenvalue weighted by atomic mass is 32.2. The second-order valence-electron chi connectivity index (χ2n) is 4.43. The Morgan fingerprint density at radius 1 is 1.41 bits per heavy atom. The fourth-order valence-electron chi connectivity index (χ4n) is 2.19. The minimum atomic E-state index is -3.52. The molecule has 0 amide bonds. The van der Waals surface area contributed by atoms with Crippen molar-refractivity contribution >= 4 is 10.0 Å². The lowest BCUT2D eigenvalue weighted by molar-refractivity contribution is 0.189. The maximum absolute atomic E-state index is 12.4. The fraction of sp³-hybridized carbons (Fsp3) is 0.700. The number of hydrogen-bond acceptors (Lipinski definition) is 4. The first-order chi connectivity index (χ1) is 7.84. The van der Waals surface area contributed by atoms with Crippen LogP contribution in [0.25, 0.3) is 0 Å². The maximum atomic E-state index is 12.4. The first kappa shape index (κ1) is 12.5. The van der Waals surface area contributed by atoms with E-state index in [1.165, 1.54) is 4.31 Å². The molecule has 0 spiro atoms.